The number of aromatic amines is 1. The van der Waals surface area contributed by atoms with Gasteiger partial charge in [0, 0.05) is 16.2 Å². The predicted molar refractivity (Wildman–Crippen MR) is 59.9 cm³/mol. The van der Waals surface area contributed by atoms with E-state index in [2.05, 4.69) is 15.2 Å². The van der Waals surface area contributed by atoms with Gasteiger partial charge in [0.25, 0.3) is 14.2 Å². The fourth-order valence-electron chi connectivity index (χ4n) is 1.29. The summed E-state index contributed by atoms with van der Waals surface area (Å²) in [6.07, 6.45) is -4.44. The van der Waals surface area contributed by atoms with Crippen LogP contribution in [0.15, 0.2) is 29.4 Å². The van der Waals surface area contributed by atoms with Gasteiger partial charge < -0.3 is 0 Å². The molecule has 0 aliphatic rings. The number of halogens is 4. The molecule has 0 spiro atoms. The first-order valence-corrected chi connectivity index (χ1v) is 7.03. The molecule has 0 bridgehead atoms. The molecule has 2 aromatic rings. The molecule has 0 amide bonds. The van der Waals surface area contributed by atoms with Crippen LogP contribution in [0.3, 0.4) is 0 Å². The third kappa shape index (κ3) is 3.04. The predicted octanol–water partition coefficient (Wildman–Crippen LogP) is 2.42. The molecule has 0 aliphatic heterocycles. The first kappa shape index (κ1) is 13.8. The molecular weight excluding hydrogens is 307 g/mol. The molecule has 10 heteroatoms. The maximum Gasteiger partial charge on any atom is 0.416 e. The van der Waals surface area contributed by atoms with Crippen molar-refractivity contribution in [2.45, 2.75) is 11.3 Å². The van der Waals surface area contributed by atoms with Crippen LogP contribution >= 0.6 is 10.7 Å². The highest BCUT2D eigenvalue weighted by Gasteiger charge is 2.30. The molecule has 0 saturated carbocycles. The Morgan fingerprint density at radius 3 is 2.16 bits per heavy atom. The van der Waals surface area contributed by atoms with E-state index in [9.17, 15) is 21.6 Å². The second-order valence-corrected chi connectivity index (χ2v) is 5.96. The number of alkyl halides is 3. The van der Waals surface area contributed by atoms with E-state index in [0.29, 0.717) is 0 Å². The number of benzene rings is 1. The summed E-state index contributed by atoms with van der Waals surface area (Å²) in [5.41, 5.74) is -0.590. The quantitative estimate of drug-likeness (QED) is 0.864. The van der Waals surface area contributed by atoms with Gasteiger partial charge in [-0.3, -0.25) is 0 Å². The second kappa shape index (κ2) is 4.49. The van der Waals surface area contributed by atoms with Crippen LogP contribution in [0.5, 0.6) is 0 Å². The minimum atomic E-state index is -4.44. The average molecular weight is 312 g/mol. The zero-order chi connectivity index (χ0) is 14.3. The Balaban J connectivity index is 2.36. The molecule has 1 aromatic carbocycles. The average Bonchev–Trinajstić information content (AvgIpc) is 2.77. The van der Waals surface area contributed by atoms with Crippen molar-refractivity contribution in [2.24, 2.45) is 0 Å². The molecule has 0 unspecified atom stereocenters. The molecule has 0 saturated heterocycles. The molecule has 1 aromatic heterocycles. The zero-order valence-corrected chi connectivity index (χ0v) is 10.5. The van der Waals surface area contributed by atoms with E-state index in [1.54, 1.807) is 0 Å². The molecule has 0 fully saturated rings. The standard InChI is InChI=1S/C9H5ClF3N3O2S/c10-19(17,18)8-14-7(15-16-8)5-1-3-6(4-2-5)9(11,12)13/h1-4H,(H,14,15,16). The third-order valence-corrected chi connectivity index (χ3v) is 3.25. The molecule has 0 aliphatic carbocycles. The number of aromatic nitrogens is 3. The summed E-state index contributed by atoms with van der Waals surface area (Å²) in [6.45, 7) is 0. The van der Waals surface area contributed by atoms with E-state index >= 15 is 0 Å². The molecule has 1 heterocycles. The molecule has 2 rings (SSSR count). The van der Waals surface area contributed by atoms with Crippen molar-refractivity contribution in [1.29, 1.82) is 0 Å². The second-order valence-electron chi connectivity index (χ2n) is 3.48. The Bertz CT molecular complexity index is 694. The van der Waals surface area contributed by atoms with E-state index in [-0.39, 0.29) is 11.4 Å². The first-order valence-electron chi connectivity index (χ1n) is 4.72. The maximum atomic E-state index is 12.3. The minimum absolute atomic E-state index is 0.0621. The van der Waals surface area contributed by atoms with Gasteiger partial charge >= 0.3 is 6.18 Å². The fourth-order valence-corrected chi connectivity index (χ4v) is 1.85. The van der Waals surface area contributed by atoms with Gasteiger partial charge in [-0.2, -0.15) is 23.3 Å². The van der Waals surface area contributed by atoms with E-state index in [0.717, 1.165) is 24.3 Å². The topological polar surface area (TPSA) is 75.7 Å². The van der Waals surface area contributed by atoms with Crippen LogP contribution in [0.2, 0.25) is 0 Å². The van der Waals surface area contributed by atoms with Crippen molar-refractivity contribution >= 4 is 19.7 Å². The van der Waals surface area contributed by atoms with Crippen molar-refractivity contribution in [3.63, 3.8) is 0 Å². The summed E-state index contributed by atoms with van der Waals surface area (Å²) in [6, 6.07) is 3.97. The Morgan fingerprint density at radius 1 is 1.16 bits per heavy atom. The Labute approximate surface area is 109 Å². The van der Waals surface area contributed by atoms with Crippen LogP contribution in [-0.4, -0.2) is 23.6 Å². The largest absolute Gasteiger partial charge is 0.416 e. The Hall–Kier alpha value is -1.61. The molecule has 0 atom stereocenters. The third-order valence-electron chi connectivity index (χ3n) is 2.17. The lowest BCUT2D eigenvalue weighted by atomic mass is 10.1. The van der Waals surface area contributed by atoms with Crippen molar-refractivity contribution < 1.29 is 21.6 Å². The fraction of sp³-hybridized carbons (Fsp3) is 0.111. The molecule has 19 heavy (non-hydrogen) atoms. The lowest BCUT2D eigenvalue weighted by molar-refractivity contribution is -0.137. The zero-order valence-electron chi connectivity index (χ0n) is 8.94. The Morgan fingerprint density at radius 2 is 1.74 bits per heavy atom. The molecule has 102 valence electrons. The van der Waals surface area contributed by atoms with Gasteiger partial charge in [-0.15, -0.1) is 0 Å². The van der Waals surface area contributed by atoms with Crippen molar-refractivity contribution in [2.75, 3.05) is 0 Å². The Kier molecular flexibility index (Phi) is 3.27. The number of rotatable bonds is 2. The van der Waals surface area contributed by atoms with Crippen LogP contribution in [0, 0.1) is 0 Å². The summed E-state index contributed by atoms with van der Waals surface area (Å²) < 4.78 is 58.9. The summed E-state index contributed by atoms with van der Waals surface area (Å²) in [5.74, 6) is -0.0621. The summed E-state index contributed by atoms with van der Waals surface area (Å²) in [4.78, 5) is 3.58. The van der Waals surface area contributed by atoms with Gasteiger partial charge in [0.2, 0.25) is 0 Å². The summed E-state index contributed by atoms with van der Waals surface area (Å²) in [5, 5.41) is 5.08. The number of hydrogen-bond donors (Lipinski definition) is 1. The van der Waals surface area contributed by atoms with Gasteiger partial charge in [0.15, 0.2) is 5.82 Å². The van der Waals surface area contributed by atoms with Crippen molar-refractivity contribution in [3.8, 4) is 11.4 Å². The monoisotopic (exact) mass is 311 g/mol. The lowest BCUT2D eigenvalue weighted by Gasteiger charge is -2.05. The SMILES string of the molecule is O=S(=O)(Cl)c1nc(-c2ccc(C(F)(F)F)cc2)n[nH]1. The summed E-state index contributed by atoms with van der Waals surface area (Å²) in [7, 11) is 0.976. The summed E-state index contributed by atoms with van der Waals surface area (Å²) >= 11 is 0. The first-order chi connectivity index (χ1) is 8.68. The minimum Gasteiger partial charge on any atom is -0.248 e. The highest BCUT2D eigenvalue weighted by molar-refractivity contribution is 8.13. The van der Waals surface area contributed by atoms with E-state index in [1.165, 1.54) is 0 Å². The van der Waals surface area contributed by atoms with Crippen molar-refractivity contribution in [1.82, 2.24) is 15.2 Å². The normalized spacial score (nSPS) is 12.6. The number of nitrogens with zero attached hydrogens (tertiary/aromatic N) is 2. The highest BCUT2D eigenvalue weighted by Crippen LogP contribution is 2.30. The maximum absolute atomic E-state index is 12.3. The smallest absolute Gasteiger partial charge is 0.248 e. The van der Waals surface area contributed by atoms with Gasteiger partial charge in [0.05, 0.1) is 5.56 Å². The van der Waals surface area contributed by atoms with Crippen LogP contribution in [0.25, 0.3) is 11.4 Å². The van der Waals surface area contributed by atoms with Gasteiger partial charge in [-0.05, 0) is 12.1 Å². The van der Waals surface area contributed by atoms with Crippen LogP contribution in [-0.2, 0) is 15.2 Å². The highest BCUT2D eigenvalue weighted by atomic mass is 35.7. The molecule has 5 nitrogen and oxygen atoms in total. The van der Waals surface area contributed by atoms with Gasteiger partial charge in [0.1, 0.15) is 0 Å². The van der Waals surface area contributed by atoms with E-state index in [4.69, 9.17) is 10.7 Å². The van der Waals surface area contributed by atoms with E-state index in [1.807, 2.05) is 0 Å². The molecular formula is C9H5ClF3N3O2S. The molecule has 0 radical (unpaired) electrons. The number of hydrogen-bond acceptors (Lipinski definition) is 4. The van der Waals surface area contributed by atoms with Crippen LogP contribution in [0.4, 0.5) is 13.2 Å². The molecule has 1 N–H and O–H groups in total. The lowest BCUT2D eigenvalue weighted by Crippen LogP contribution is -2.04. The number of H-pyrrole nitrogens is 1. The van der Waals surface area contributed by atoms with Crippen LogP contribution < -0.4 is 0 Å². The number of nitrogens with one attached hydrogen (secondary N) is 1. The van der Waals surface area contributed by atoms with Gasteiger partial charge in [-0.25, -0.2) is 13.5 Å². The van der Waals surface area contributed by atoms with Crippen LogP contribution in [0.1, 0.15) is 5.56 Å². The van der Waals surface area contributed by atoms with E-state index < -0.39 is 25.9 Å². The van der Waals surface area contributed by atoms with Gasteiger partial charge in [-0.1, -0.05) is 12.1 Å². The van der Waals surface area contributed by atoms with Crippen molar-refractivity contribution in [3.05, 3.63) is 29.8 Å².